The van der Waals surface area contributed by atoms with Crippen LogP contribution in [0.1, 0.15) is 0 Å². The van der Waals surface area contributed by atoms with Gasteiger partial charge in [0.05, 0.1) is 0 Å². The topological polar surface area (TPSA) is 49.8 Å². The van der Waals surface area contributed by atoms with E-state index in [0.29, 0.717) is 6.54 Å². The normalized spacial score (nSPS) is 8.90. The summed E-state index contributed by atoms with van der Waals surface area (Å²) < 4.78 is 4.62. The molecule has 10 heavy (non-hydrogen) atoms. The van der Waals surface area contributed by atoms with Crippen LogP contribution in [0.4, 0.5) is 4.79 Å². The van der Waals surface area contributed by atoms with Crippen molar-refractivity contribution in [2.45, 2.75) is 0 Å². The first-order valence-electron chi connectivity index (χ1n) is 2.80. The van der Waals surface area contributed by atoms with E-state index in [0.717, 1.165) is 4.90 Å². The molecule has 0 aliphatic carbocycles. The molecule has 0 aromatic rings. The Kier molecular flexibility index (Phi) is 4.32. The summed E-state index contributed by atoms with van der Waals surface area (Å²) in [5, 5.41) is 8.43. The van der Waals surface area contributed by atoms with Gasteiger partial charge in [-0.1, -0.05) is 6.08 Å². The number of carbonyl (C=O) groups is 1. The van der Waals surface area contributed by atoms with Crippen molar-refractivity contribution in [3.05, 3.63) is 12.7 Å². The van der Waals surface area contributed by atoms with Gasteiger partial charge in [0.1, 0.15) is 6.73 Å². The number of methoxy groups -OCH3 is 1. The molecule has 0 saturated heterocycles. The minimum Gasteiger partial charge on any atom is -0.465 e. The van der Waals surface area contributed by atoms with Gasteiger partial charge in [0.15, 0.2) is 0 Å². The summed E-state index contributed by atoms with van der Waals surface area (Å²) >= 11 is 0. The van der Waals surface area contributed by atoms with Crippen LogP contribution in [0, 0.1) is 0 Å². The lowest BCUT2D eigenvalue weighted by Crippen LogP contribution is -2.31. The SMILES string of the molecule is C=CCN(COC)C(=O)O. The van der Waals surface area contributed by atoms with Crippen molar-refractivity contribution in [2.24, 2.45) is 0 Å². The fourth-order valence-electron chi connectivity index (χ4n) is 0.498. The highest BCUT2D eigenvalue weighted by molar-refractivity contribution is 5.64. The Labute approximate surface area is 59.7 Å². The molecule has 0 atom stereocenters. The molecule has 0 aromatic heterocycles. The third-order valence-corrected chi connectivity index (χ3v) is 0.905. The Morgan fingerprint density at radius 3 is 2.80 bits per heavy atom. The second-order valence-electron chi connectivity index (χ2n) is 1.71. The Balaban J connectivity index is 3.71. The van der Waals surface area contributed by atoms with Gasteiger partial charge in [-0.15, -0.1) is 6.58 Å². The molecule has 0 aliphatic rings. The van der Waals surface area contributed by atoms with Gasteiger partial charge in [0, 0.05) is 13.7 Å². The molecule has 0 aliphatic heterocycles. The maximum absolute atomic E-state index is 10.3. The summed E-state index contributed by atoms with van der Waals surface area (Å²) in [5.41, 5.74) is 0. The molecule has 0 rings (SSSR count). The minimum absolute atomic E-state index is 0.0847. The van der Waals surface area contributed by atoms with E-state index in [-0.39, 0.29) is 6.73 Å². The molecule has 4 nitrogen and oxygen atoms in total. The summed E-state index contributed by atoms with van der Waals surface area (Å²) in [6, 6.07) is 0. The first kappa shape index (κ1) is 8.97. The fraction of sp³-hybridized carbons (Fsp3) is 0.500. The number of hydrogen-bond donors (Lipinski definition) is 1. The van der Waals surface area contributed by atoms with E-state index in [1.807, 2.05) is 0 Å². The number of nitrogens with zero attached hydrogens (tertiary/aromatic N) is 1. The van der Waals surface area contributed by atoms with E-state index < -0.39 is 6.09 Å². The molecule has 0 fully saturated rings. The van der Waals surface area contributed by atoms with Crippen LogP contribution in [0.25, 0.3) is 0 Å². The van der Waals surface area contributed by atoms with Gasteiger partial charge in [-0.25, -0.2) is 4.79 Å². The monoisotopic (exact) mass is 145 g/mol. The minimum atomic E-state index is -0.998. The number of hydrogen-bond acceptors (Lipinski definition) is 2. The molecule has 0 saturated carbocycles. The van der Waals surface area contributed by atoms with Gasteiger partial charge < -0.3 is 9.84 Å². The van der Waals surface area contributed by atoms with Crippen molar-refractivity contribution in [3.63, 3.8) is 0 Å². The molecule has 0 unspecified atom stereocenters. The molecule has 0 spiro atoms. The molecule has 4 heteroatoms. The third-order valence-electron chi connectivity index (χ3n) is 0.905. The zero-order valence-electron chi connectivity index (χ0n) is 5.91. The standard InChI is InChI=1S/C6H11NO3/c1-3-4-7(5-10-2)6(8)9/h3H,1,4-5H2,2H3,(H,8,9). The van der Waals surface area contributed by atoms with Crippen LogP contribution in [0.3, 0.4) is 0 Å². The van der Waals surface area contributed by atoms with Crippen LogP contribution in [0.5, 0.6) is 0 Å². The van der Waals surface area contributed by atoms with Crippen molar-refractivity contribution < 1.29 is 14.6 Å². The summed E-state index contributed by atoms with van der Waals surface area (Å²) in [4.78, 5) is 11.4. The first-order chi connectivity index (χ1) is 4.72. The zero-order chi connectivity index (χ0) is 7.98. The van der Waals surface area contributed by atoms with Crippen molar-refractivity contribution in [2.75, 3.05) is 20.4 Å². The Bertz CT molecular complexity index is 124. The van der Waals surface area contributed by atoms with Crippen LogP contribution in [0.15, 0.2) is 12.7 Å². The van der Waals surface area contributed by atoms with Gasteiger partial charge in [-0.2, -0.15) is 0 Å². The number of carboxylic acid groups (broad SMARTS) is 1. The van der Waals surface area contributed by atoms with E-state index in [2.05, 4.69) is 11.3 Å². The predicted molar refractivity (Wildman–Crippen MR) is 36.8 cm³/mol. The number of rotatable bonds is 4. The lowest BCUT2D eigenvalue weighted by atomic mass is 10.6. The number of amides is 1. The number of ether oxygens (including phenoxy) is 1. The van der Waals surface area contributed by atoms with E-state index >= 15 is 0 Å². The second kappa shape index (κ2) is 4.81. The highest BCUT2D eigenvalue weighted by Crippen LogP contribution is 1.88. The van der Waals surface area contributed by atoms with Gasteiger partial charge in [-0.05, 0) is 0 Å². The smallest absolute Gasteiger partial charge is 0.409 e. The molecule has 0 bridgehead atoms. The fourth-order valence-corrected chi connectivity index (χ4v) is 0.498. The quantitative estimate of drug-likeness (QED) is 0.469. The van der Waals surface area contributed by atoms with E-state index in [1.165, 1.54) is 13.2 Å². The molecule has 0 aromatic carbocycles. The van der Waals surface area contributed by atoms with Gasteiger partial charge >= 0.3 is 6.09 Å². The maximum atomic E-state index is 10.3. The molecular formula is C6H11NO3. The average Bonchev–Trinajstić information content (AvgIpc) is 1.87. The Hall–Kier alpha value is -1.03. The van der Waals surface area contributed by atoms with Crippen molar-refractivity contribution in [1.82, 2.24) is 4.90 Å². The third kappa shape index (κ3) is 3.09. The molecule has 0 radical (unpaired) electrons. The lowest BCUT2D eigenvalue weighted by Gasteiger charge is -2.14. The Morgan fingerprint density at radius 1 is 1.90 bits per heavy atom. The highest BCUT2D eigenvalue weighted by atomic mass is 16.5. The second-order valence-corrected chi connectivity index (χ2v) is 1.71. The molecular weight excluding hydrogens is 134 g/mol. The Morgan fingerprint density at radius 2 is 2.50 bits per heavy atom. The first-order valence-corrected chi connectivity index (χ1v) is 2.80. The van der Waals surface area contributed by atoms with Crippen LogP contribution >= 0.6 is 0 Å². The van der Waals surface area contributed by atoms with Crippen LogP contribution < -0.4 is 0 Å². The largest absolute Gasteiger partial charge is 0.465 e. The molecule has 1 N–H and O–H groups in total. The molecule has 58 valence electrons. The van der Waals surface area contributed by atoms with Crippen LogP contribution in [0.2, 0.25) is 0 Å². The van der Waals surface area contributed by atoms with Crippen molar-refractivity contribution in [3.8, 4) is 0 Å². The molecule has 0 heterocycles. The lowest BCUT2D eigenvalue weighted by molar-refractivity contribution is 0.0663. The summed E-state index contributed by atoms with van der Waals surface area (Å²) in [6.45, 7) is 3.78. The van der Waals surface area contributed by atoms with E-state index in [4.69, 9.17) is 5.11 Å². The maximum Gasteiger partial charge on any atom is 0.409 e. The summed E-state index contributed by atoms with van der Waals surface area (Å²) in [7, 11) is 1.44. The summed E-state index contributed by atoms with van der Waals surface area (Å²) in [5.74, 6) is 0. The average molecular weight is 145 g/mol. The van der Waals surface area contributed by atoms with Gasteiger partial charge in [0.25, 0.3) is 0 Å². The van der Waals surface area contributed by atoms with Crippen LogP contribution in [-0.4, -0.2) is 36.5 Å². The van der Waals surface area contributed by atoms with Crippen LogP contribution in [-0.2, 0) is 4.74 Å². The molecule has 1 amide bonds. The van der Waals surface area contributed by atoms with Crippen molar-refractivity contribution >= 4 is 6.09 Å². The van der Waals surface area contributed by atoms with Gasteiger partial charge in [0.2, 0.25) is 0 Å². The predicted octanol–water partition coefficient (Wildman–Crippen LogP) is 0.756. The summed E-state index contributed by atoms with van der Waals surface area (Å²) in [6.07, 6.45) is 0.509. The highest BCUT2D eigenvalue weighted by Gasteiger charge is 2.06. The van der Waals surface area contributed by atoms with E-state index in [9.17, 15) is 4.79 Å². The van der Waals surface area contributed by atoms with Gasteiger partial charge in [-0.3, -0.25) is 4.90 Å². The van der Waals surface area contributed by atoms with Crippen molar-refractivity contribution in [1.29, 1.82) is 0 Å². The zero-order valence-corrected chi connectivity index (χ0v) is 5.91. The van der Waals surface area contributed by atoms with E-state index in [1.54, 1.807) is 0 Å².